The number of carbonyl (C=O) groups excluding carboxylic acids is 1. The zero-order chi connectivity index (χ0) is 19.6. The third-order valence-electron chi connectivity index (χ3n) is 4.73. The molecule has 0 bridgehead atoms. The number of carbonyl (C=O) groups is 1. The van der Waals surface area contributed by atoms with E-state index in [-0.39, 0.29) is 12.3 Å². The minimum Gasteiger partial charge on any atom is -0.347 e. The second-order valence-electron chi connectivity index (χ2n) is 6.82. The molecule has 1 saturated heterocycles. The van der Waals surface area contributed by atoms with Crippen LogP contribution < -0.4 is 5.43 Å². The molecule has 27 heavy (non-hydrogen) atoms. The molecule has 0 saturated carbocycles. The fourth-order valence-electron chi connectivity index (χ4n) is 3.31. The minimum absolute atomic E-state index is 0.105. The topological polar surface area (TPSA) is 64.9 Å². The minimum atomic E-state index is -0.860. The molecule has 0 radical (unpaired) electrons. The quantitative estimate of drug-likeness (QED) is 0.576. The van der Waals surface area contributed by atoms with Crippen molar-refractivity contribution in [1.82, 2.24) is 9.99 Å². The molecule has 1 aliphatic rings. The SMILES string of the molecule is Cc1ccccc1-n1c(C)c(Br)c(/C=N\NC(=O)CC2(C)OCCO2)c1C. The molecule has 0 unspecified atom stereocenters. The maximum Gasteiger partial charge on any atom is 0.245 e. The lowest BCUT2D eigenvalue weighted by Crippen LogP contribution is -2.33. The Morgan fingerprint density at radius 1 is 1.26 bits per heavy atom. The average Bonchev–Trinajstić information content (AvgIpc) is 3.13. The molecule has 1 aromatic heterocycles. The lowest BCUT2D eigenvalue weighted by atomic mass is 10.2. The molecular weight excluding hydrogens is 410 g/mol. The third kappa shape index (κ3) is 4.15. The maximum absolute atomic E-state index is 12.1. The summed E-state index contributed by atoms with van der Waals surface area (Å²) in [6.45, 7) is 8.94. The van der Waals surface area contributed by atoms with Crippen LogP contribution in [0.5, 0.6) is 0 Å². The lowest BCUT2D eigenvalue weighted by molar-refractivity contribution is -0.159. The number of hydrazone groups is 1. The van der Waals surface area contributed by atoms with Gasteiger partial charge in [-0.1, -0.05) is 18.2 Å². The number of benzene rings is 1. The van der Waals surface area contributed by atoms with Gasteiger partial charge in [0.05, 0.1) is 25.8 Å². The fraction of sp³-hybridized carbons (Fsp3) is 0.400. The number of aryl methyl sites for hydroxylation is 1. The number of ether oxygens (including phenoxy) is 2. The van der Waals surface area contributed by atoms with Gasteiger partial charge in [0.25, 0.3) is 0 Å². The van der Waals surface area contributed by atoms with E-state index in [4.69, 9.17) is 9.47 Å². The van der Waals surface area contributed by atoms with E-state index >= 15 is 0 Å². The van der Waals surface area contributed by atoms with Crippen LogP contribution in [-0.2, 0) is 14.3 Å². The number of amides is 1. The van der Waals surface area contributed by atoms with Crippen LogP contribution in [0.4, 0.5) is 0 Å². The Bertz CT molecular complexity index is 883. The molecule has 2 aromatic rings. The van der Waals surface area contributed by atoms with E-state index in [2.05, 4.69) is 57.0 Å². The normalized spacial score (nSPS) is 16.2. The second kappa shape index (κ2) is 7.96. The summed E-state index contributed by atoms with van der Waals surface area (Å²) < 4.78 is 14.0. The Hall–Kier alpha value is -1.96. The molecule has 1 N–H and O–H groups in total. The van der Waals surface area contributed by atoms with E-state index in [0.717, 1.165) is 27.1 Å². The molecule has 1 aliphatic heterocycles. The average molecular weight is 434 g/mol. The monoisotopic (exact) mass is 433 g/mol. The van der Waals surface area contributed by atoms with E-state index in [1.165, 1.54) is 5.56 Å². The Balaban J connectivity index is 1.77. The van der Waals surface area contributed by atoms with Gasteiger partial charge in [0, 0.05) is 27.1 Å². The maximum atomic E-state index is 12.1. The second-order valence-corrected chi connectivity index (χ2v) is 7.61. The van der Waals surface area contributed by atoms with Crippen molar-refractivity contribution in [3.05, 3.63) is 51.3 Å². The van der Waals surface area contributed by atoms with E-state index in [1.807, 2.05) is 19.1 Å². The molecule has 2 heterocycles. The number of halogens is 1. The van der Waals surface area contributed by atoms with Crippen molar-refractivity contribution in [2.75, 3.05) is 13.2 Å². The number of nitrogens with one attached hydrogen (secondary N) is 1. The van der Waals surface area contributed by atoms with Crippen molar-refractivity contribution in [1.29, 1.82) is 0 Å². The van der Waals surface area contributed by atoms with Gasteiger partial charge in [-0.3, -0.25) is 4.79 Å². The van der Waals surface area contributed by atoms with Gasteiger partial charge in [0.15, 0.2) is 5.79 Å². The van der Waals surface area contributed by atoms with Gasteiger partial charge in [-0.15, -0.1) is 0 Å². The van der Waals surface area contributed by atoms with E-state index in [0.29, 0.717) is 13.2 Å². The predicted molar refractivity (Wildman–Crippen MR) is 108 cm³/mol. The number of para-hydroxylation sites is 1. The van der Waals surface area contributed by atoms with Crippen LogP contribution in [0.3, 0.4) is 0 Å². The summed E-state index contributed by atoms with van der Waals surface area (Å²) in [7, 11) is 0. The number of nitrogens with zero attached hydrogens (tertiary/aromatic N) is 2. The number of hydrogen-bond donors (Lipinski definition) is 1. The van der Waals surface area contributed by atoms with Gasteiger partial charge < -0.3 is 14.0 Å². The molecule has 0 atom stereocenters. The molecule has 0 aliphatic carbocycles. The Morgan fingerprint density at radius 3 is 2.59 bits per heavy atom. The van der Waals surface area contributed by atoms with Gasteiger partial charge in [-0.2, -0.15) is 5.10 Å². The van der Waals surface area contributed by atoms with Crippen molar-refractivity contribution in [2.45, 2.75) is 39.9 Å². The van der Waals surface area contributed by atoms with Crippen molar-refractivity contribution < 1.29 is 14.3 Å². The Kier molecular flexibility index (Phi) is 5.83. The van der Waals surface area contributed by atoms with E-state index in [9.17, 15) is 4.79 Å². The summed E-state index contributed by atoms with van der Waals surface area (Å²) >= 11 is 3.66. The number of rotatable bonds is 5. The molecule has 7 heteroatoms. The summed E-state index contributed by atoms with van der Waals surface area (Å²) in [6, 6.07) is 8.23. The fourth-order valence-corrected chi connectivity index (χ4v) is 3.88. The van der Waals surface area contributed by atoms with E-state index < -0.39 is 5.79 Å². The van der Waals surface area contributed by atoms with Gasteiger partial charge >= 0.3 is 0 Å². The van der Waals surface area contributed by atoms with Crippen LogP contribution in [0, 0.1) is 20.8 Å². The molecule has 6 nitrogen and oxygen atoms in total. The summed E-state index contributed by atoms with van der Waals surface area (Å²) in [5.41, 5.74) is 7.92. The third-order valence-corrected chi connectivity index (χ3v) is 5.73. The molecule has 1 amide bonds. The first kappa shape index (κ1) is 19.8. The first-order valence-electron chi connectivity index (χ1n) is 8.85. The zero-order valence-electron chi connectivity index (χ0n) is 16.0. The van der Waals surface area contributed by atoms with Gasteiger partial charge in [0.2, 0.25) is 5.91 Å². The van der Waals surface area contributed by atoms with Gasteiger partial charge in [0.1, 0.15) is 0 Å². The van der Waals surface area contributed by atoms with Crippen LogP contribution in [0.1, 0.15) is 35.9 Å². The van der Waals surface area contributed by atoms with Crippen LogP contribution >= 0.6 is 15.9 Å². The summed E-state index contributed by atoms with van der Waals surface area (Å²) in [5.74, 6) is -1.11. The highest BCUT2D eigenvalue weighted by Gasteiger charge is 2.33. The summed E-state index contributed by atoms with van der Waals surface area (Å²) in [4.78, 5) is 12.1. The smallest absolute Gasteiger partial charge is 0.245 e. The van der Waals surface area contributed by atoms with Crippen molar-refractivity contribution in [2.24, 2.45) is 5.10 Å². The molecular formula is C20H24BrN3O3. The van der Waals surface area contributed by atoms with Crippen LogP contribution in [0.25, 0.3) is 5.69 Å². The first-order chi connectivity index (χ1) is 12.8. The van der Waals surface area contributed by atoms with Crippen LogP contribution in [-0.4, -0.2) is 35.7 Å². The number of aromatic nitrogens is 1. The largest absolute Gasteiger partial charge is 0.347 e. The van der Waals surface area contributed by atoms with Gasteiger partial charge in [-0.25, -0.2) is 5.43 Å². The summed E-state index contributed by atoms with van der Waals surface area (Å²) in [6.07, 6.45) is 1.77. The van der Waals surface area contributed by atoms with Crippen molar-refractivity contribution in [3.63, 3.8) is 0 Å². The first-order valence-corrected chi connectivity index (χ1v) is 9.65. The molecule has 3 rings (SSSR count). The van der Waals surface area contributed by atoms with E-state index in [1.54, 1.807) is 13.1 Å². The Labute approximate surface area is 167 Å². The van der Waals surface area contributed by atoms with Gasteiger partial charge in [-0.05, 0) is 55.3 Å². The van der Waals surface area contributed by atoms with Crippen molar-refractivity contribution in [3.8, 4) is 5.69 Å². The summed E-state index contributed by atoms with van der Waals surface area (Å²) in [5, 5.41) is 4.13. The molecule has 0 spiro atoms. The Morgan fingerprint density at radius 2 is 1.93 bits per heavy atom. The molecule has 1 fully saturated rings. The van der Waals surface area contributed by atoms with Crippen LogP contribution in [0.15, 0.2) is 33.8 Å². The highest BCUT2D eigenvalue weighted by Crippen LogP contribution is 2.30. The van der Waals surface area contributed by atoms with Crippen molar-refractivity contribution >= 4 is 28.1 Å². The molecule has 144 valence electrons. The van der Waals surface area contributed by atoms with Crippen LogP contribution in [0.2, 0.25) is 0 Å². The zero-order valence-corrected chi connectivity index (χ0v) is 17.6. The predicted octanol–water partition coefficient (Wildman–Crippen LogP) is 3.77. The standard InChI is InChI=1S/C20H24BrN3O3/c1-13-7-5-6-8-17(13)24-14(2)16(19(21)15(24)3)12-22-23-18(25)11-20(4)26-9-10-27-20/h5-8,12H,9-11H2,1-4H3,(H,23,25)/b22-12-. The molecule has 1 aromatic carbocycles. The number of hydrogen-bond acceptors (Lipinski definition) is 4. The highest BCUT2D eigenvalue weighted by molar-refractivity contribution is 9.10. The highest BCUT2D eigenvalue weighted by atomic mass is 79.9. The lowest BCUT2D eigenvalue weighted by Gasteiger charge is -2.20.